The SMILES string of the molecule is C=C(/C=C\C=C/C)CC12CCC(=O)C=C1CCN(S(=O)(=O)C1=CC(OC)=CCC=C1)C2. The summed E-state index contributed by atoms with van der Waals surface area (Å²) in [7, 11) is -2.16. The van der Waals surface area contributed by atoms with Gasteiger partial charge in [0.25, 0.3) is 0 Å². The second kappa shape index (κ2) is 9.79. The largest absolute Gasteiger partial charge is 0.497 e. The number of carbonyl (C=O) groups is 1. The van der Waals surface area contributed by atoms with Crippen LogP contribution in [0.25, 0.3) is 0 Å². The average Bonchev–Trinajstić information content (AvgIpc) is 3.00. The van der Waals surface area contributed by atoms with Gasteiger partial charge < -0.3 is 4.74 Å². The Balaban J connectivity index is 1.92. The molecule has 0 amide bonds. The lowest BCUT2D eigenvalue weighted by Crippen LogP contribution is -2.49. The van der Waals surface area contributed by atoms with E-state index in [1.807, 2.05) is 43.4 Å². The lowest BCUT2D eigenvalue weighted by Gasteiger charge is -2.46. The standard InChI is InChI=1S/C25H31NO4S/c1-4-5-6-9-20(2)18-25-14-12-22(27)16-21(25)13-15-26(19-25)31(28,29)24-11-8-7-10-23(17-24)30-3/h4-6,8-11,16-17H,2,7,12-15,18-19H2,1,3H3/b5-4-,9-6-. The second-order valence-electron chi connectivity index (χ2n) is 8.22. The Morgan fingerprint density at radius 1 is 1.29 bits per heavy atom. The van der Waals surface area contributed by atoms with Gasteiger partial charge in [-0.05, 0) is 56.9 Å². The van der Waals surface area contributed by atoms with Crippen molar-refractivity contribution in [3.8, 4) is 0 Å². The smallest absolute Gasteiger partial charge is 0.243 e. The Kier molecular flexibility index (Phi) is 7.34. The molecule has 3 aliphatic rings. The molecule has 2 aliphatic carbocycles. The molecule has 1 saturated heterocycles. The molecule has 0 bridgehead atoms. The molecule has 0 saturated carbocycles. The average molecular weight is 442 g/mol. The van der Waals surface area contributed by atoms with E-state index in [1.165, 1.54) is 7.11 Å². The van der Waals surface area contributed by atoms with Gasteiger partial charge in [-0.1, -0.05) is 48.1 Å². The van der Waals surface area contributed by atoms with Gasteiger partial charge in [0.05, 0.1) is 12.0 Å². The van der Waals surface area contributed by atoms with Crippen molar-refractivity contribution in [1.82, 2.24) is 4.31 Å². The maximum absolute atomic E-state index is 13.5. The first-order valence-corrected chi connectivity index (χ1v) is 12.1. The zero-order valence-corrected chi connectivity index (χ0v) is 19.2. The summed E-state index contributed by atoms with van der Waals surface area (Å²) >= 11 is 0. The second-order valence-corrected chi connectivity index (χ2v) is 10.2. The highest BCUT2D eigenvalue weighted by Gasteiger charge is 2.45. The minimum absolute atomic E-state index is 0.126. The third kappa shape index (κ3) is 5.25. The van der Waals surface area contributed by atoms with Crippen LogP contribution in [0.1, 0.15) is 39.0 Å². The fourth-order valence-corrected chi connectivity index (χ4v) is 6.03. The number of ketones is 1. The third-order valence-electron chi connectivity index (χ3n) is 6.07. The van der Waals surface area contributed by atoms with E-state index in [4.69, 9.17) is 4.74 Å². The highest BCUT2D eigenvalue weighted by molar-refractivity contribution is 7.93. The summed E-state index contributed by atoms with van der Waals surface area (Å²) in [5.41, 5.74) is 1.58. The molecular formula is C25H31NO4S. The van der Waals surface area contributed by atoms with Crippen molar-refractivity contribution in [1.29, 1.82) is 0 Å². The highest BCUT2D eigenvalue weighted by atomic mass is 32.2. The Morgan fingerprint density at radius 3 is 2.84 bits per heavy atom. The molecule has 166 valence electrons. The van der Waals surface area contributed by atoms with Gasteiger partial charge in [-0.3, -0.25) is 4.79 Å². The van der Waals surface area contributed by atoms with Gasteiger partial charge in [-0.15, -0.1) is 0 Å². The summed E-state index contributed by atoms with van der Waals surface area (Å²) in [6.45, 7) is 6.85. The fraction of sp³-hybridized carbons (Fsp3) is 0.400. The first-order valence-electron chi connectivity index (χ1n) is 10.6. The van der Waals surface area contributed by atoms with Crippen molar-refractivity contribution in [3.63, 3.8) is 0 Å². The molecule has 1 unspecified atom stereocenters. The summed E-state index contributed by atoms with van der Waals surface area (Å²) in [5, 5.41) is 0. The summed E-state index contributed by atoms with van der Waals surface area (Å²) in [4.78, 5) is 12.3. The number of rotatable bonds is 7. The molecule has 1 aliphatic heterocycles. The van der Waals surface area contributed by atoms with Crippen molar-refractivity contribution >= 4 is 15.8 Å². The number of nitrogens with zero attached hydrogens (tertiary/aromatic N) is 1. The molecule has 0 spiro atoms. The molecule has 5 nitrogen and oxygen atoms in total. The summed E-state index contributed by atoms with van der Waals surface area (Å²) < 4.78 is 33.9. The van der Waals surface area contributed by atoms with Crippen molar-refractivity contribution in [2.45, 2.75) is 39.0 Å². The third-order valence-corrected chi connectivity index (χ3v) is 7.91. The number of hydrogen-bond donors (Lipinski definition) is 0. The zero-order valence-electron chi connectivity index (χ0n) is 18.3. The predicted molar refractivity (Wildman–Crippen MR) is 125 cm³/mol. The van der Waals surface area contributed by atoms with Gasteiger partial charge in [0.15, 0.2) is 5.78 Å². The summed E-state index contributed by atoms with van der Waals surface area (Å²) in [5.74, 6) is 0.669. The molecule has 0 aromatic rings. The van der Waals surface area contributed by atoms with Crippen LogP contribution in [0.15, 0.2) is 83.1 Å². The number of sulfonamides is 1. The van der Waals surface area contributed by atoms with Crippen LogP contribution in [-0.2, 0) is 19.6 Å². The normalized spacial score (nSPS) is 25.1. The minimum Gasteiger partial charge on any atom is -0.497 e. The number of methoxy groups -OCH3 is 1. The Hall–Kier alpha value is -2.44. The topological polar surface area (TPSA) is 63.7 Å². The van der Waals surface area contributed by atoms with Gasteiger partial charge in [0, 0.05) is 24.9 Å². The van der Waals surface area contributed by atoms with Crippen LogP contribution in [-0.4, -0.2) is 38.7 Å². The van der Waals surface area contributed by atoms with E-state index in [2.05, 4.69) is 6.58 Å². The minimum atomic E-state index is -3.69. The maximum atomic E-state index is 13.5. The Morgan fingerprint density at radius 2 is 2.10 bits per heavy atom. The van der Waals surface area contributed by atoms with Gasteiger partial charge in [0.2, 0.25) is 10.0 Å². The molecule has 1 fully saturated rings. The predicted octanol–water partition coefficient (Wildman–Crippen LogP) is 4.75. The van der Waals surface area contributed by atoms with Crippen LogP contribution in [0.3, 0.4) is 0 Å². The van der Waals surface area contributed by atoms with Crippen molar-refractivity contribution in [2.75, 3.05) is 20.2 Å². The molecule has 6 heteroatoms. The van der Waals surface area contributed by atoms with Crippen LogP contribution >= 0.6 is 0 Å². The zero-order chi connectivity index (χ0) is 22.5. The number of hydrogen-bond acceptors (Lipinski definition) is 4. The number of allylic oxidation sites excluding steroid dienone is 10. The van der Waals surface area contributed by atoms with Crippen LogP contribution in [0.5, 0.6) is 0 Å². The van der Waals surface area contributed by atoms with E-state index in [0.717, 1.165) is 11.1 Å². The van der Waals surface area contributed by atoms with Gasteiger partial charge in [-0.2, -0.15) is 4.31 Å². The first-order chi connectivity index (χ1) is 14.8. The van der Waals surface area contributed by atoms with E-state index in [0.29, 0.717) is 51.0 Å². The number of ether oxygens (including phenoxy) is 1. The Bertz CT molecular complexity index is 1020. The molecule has 1 atom stereocenters. The van der Waals surface area contributed by atoms with Crippen LogP contribution < -0.4 is 0 Å². The fourth-order valence-electron chi connectivity index (χ4n) is 4.45. The van der Waals surface area contributed by atoms with E-state index in [1.54, 1.807) is 22.5 Å². The van der Waals surface area contributed by atoms with E-state index in [-0.39, 0.29) is 10.7 Å². The van der Waals surface area contributed by atoms with Crippen LogP contribution in [0, 0.1) is 5.41 Å². The lowest BCUT2D eigenvalue weighted by molar-refractivity contribution is -0.116. The van der Waals surface area contributed by atoms with Crippen LogP contribution in [0.4, 0.5) is 0 Å². The van der Waals surface area contributed by atoms with Crippen molar-refractivity contribution in [3.05, 3.63) is 83.1 Å². The van der Waals surface area contributed by atoms with Crippen molar-refractivity contribution < 1.29 is 17.9 Å². The first kappa shape index (κ1) is 23.2. The quantitative estimate of drug-likeness (QED) is 0.535. The summed E-state index contributed by atoms with van der Waals surface area (Å²) in [6, 6.07) is 0. The number of fused-ring (bicyclic) bond motifs is 1. The lowest BCUT2D eigenvalue weighted by atomic mass is 9.66. The molecule has 1 heterocycles. The molecule has 0 aromatic heterocycles. The summed E-state index contributed by atoms with van der Waals surface area (Å²) in [6.07, 6.45) is 19.3. The maximum Gasteiger partial charge on any atom is 0.243 e. The van der Waals surface area contributed by atoms with Gasteiger partial charge >= 0.3 is 0 Å². The van der Waals surface area contributed by atoms with E-state index < -0.39 is 15.4 Å². The Labute approximate surface area is 185 Å². The van der Waals surface area contributed by atoms with E-state index >= 15 is 0 Å². The van der Waals surface area contributed by atoms with Gasteiger partial charge in [-0.25, -0.2) is 8.42 Å². The highest BCUT2D eigenvalue weighted by Crippen LogP contribution is 2.47. The van der Waals surface area contributed by atoms with Crippen LogP contribution in [0.2, 0.25) is 0 Å². The molecular weight excluding hydrogens is 410 g/mol. The molecule has 0 aromatic carbocycles. The molecule has 0 radical (unpaired) electrons. The number of piperidine rings is 1. The van der Waals surface area contributed by atoms with Gasteiger partial charge in [0.1, 0.15) is 5.76 Å². The van der Waals surface area contributed by atoms with E-state index in [9.17, 15) is 13.2 Å². The monoisotopic (exact) mass is 441 g/mol. The number of carbonyl (C=O) groups excluding carboxylic acids is 1. The van der Waals surface area contributed by atoms with Crippen molar-refractivity contribution in [2.24, 2.45) is 5.41 Å². The molecule has 31 heavy (non-hydrogen) atoms. The molecule has 3 rings (SSSR count). The molecule has 0 N–H and O–H groups in total.